The third-order valence-electron chi connectivity index (χ3n) is 4.33. The average molecular weight is 234 g/mol. The fourth-order valence-corrected chi connectivity index (χ4v) is 2.81. The van der Waals surface area contributed by atoms with Crippen LogP contribution in [0.25, 0.3) is 0 Å². The quantitative estimate of drug-likeness (QED) is 0.849. The summed E-state index contributed by atoms with van der Waals surface area (Å²) in [5.74, 6) is 1.56. The van der Waals surface area contributed by atoms with Crippen molar-refractivity contribution in [2.75, 3.05) is 7.05 Å². The summed E-state index contributed by atoms with van der Waals surface area (Å²) >= 11 is 0. The van der Waals surface area contributed by atoms with Crippen molar-refractivity contribution >= 4 is 0 Å². The Hall–Kier alpha value is -0.900. The van der Waals surface area contributed by atoms with Crippen molar-refractivity contribution in [2.24, 2.45) is 5.92 Å². The van der Waals surface area contributed by atoms with Gasteiger partial charge in [-0.3, -0.25) is 0 Å². The first-order valence-corrected chi connectivity index (χ1v) is 6.89. The zero-order valence-corrected chi connectivity index (χ0v) is 10.8. The molecule has 1 atom stereocenters. The molecule has 0 aromatic carbocycles. The van der Waals surface area contributed by atoms with Crippen molar-refractivity contribution in [2.45, 2.75) is 57.5 Å². The molecule has 2 aliphatic carbocycles. The third-order valence-corrected chi connectivity index (χ3v) is 4.33. The van der Waals surface area contributed by atoms with Crippen molar-refractivity contribution in [1.29, 1.82) is 0 Å². The number of rotatable bonds is 5. The van der Waals surface area contributed by atoms with Gasteiger partial charge < -0.3 is 5.32 Å². The van der Waals surface area contributed by atoms with Gasteiger partial charge in [-0.25, -0.2) is 4.68 Å². The molecule has 0 aliphatic heterocycles. The van der Waals surface area contributed by atoms with E-state index < -0.39 is 0 Å². The molecule has 1 aromatic rings. The maximum atomic E-state index is 4.43. The molecule has 0 saturated heterocycles. The van der Waals surface area contributed by atoms with Crippen LogP contribution in [0.1, 0.15) is 62.4 Å². The topological polar surface area (TPSA) is 42.7 Å². The predicted octanol–water partition coefficient (Wildman–Crippen LogP) is 2.24. The molecule has 17 heavy (non-hydrogen) atoms. The van der Waals surface area contributed by atoms with Crippen LogP contribution in [-0.2, 0) is 6.54 Å². The fourth-order valence-electron chi connectivity index (χ4n) is 2.81. The number of hydrogen-bond acceptors (Lipinski definition) is 3. The van der Waals surface area contributed by atoms with Gasteiger partial charge in [-0.05, 0) is 45.6 Å². The minimum absolute atomic E-state index is 0.545. The van der Waals surface area contributed by atoms with Crippen LogP contribution in [0.5, 0.6) is 0 Å². The van der Waals surface area contributed by atoms with E-state index in [2.05, 4.69) is 27.2 Å². The summed E-state index contributed by atoms with van der Waals surface area (Å²) < 4.78 is 2.23. The van der Waals surface area contributed by atoms with Crippen LogP contribution < -0.4 is 5.32 Å². The lowest BCUT2D eigenvalue weighted by molar-refractivity contribution is 0.349. The van der Waals surface area contributed by atoms with Gasteiger partial charge in [0.2, 0.25) is 0 Å². The summed E-state index contributed by atoms with van der Waals surface area (Å²) in [7, 11) is 1.98. The molecular weight excluding hydrogens is 212 g/mol. The summed E-state index contributed by atoms with van der Waals surface area (Å²) in [5.41, 5.74) is 2.59. The lowest BCUT2D eigenvalue weighted by Gasteiger charge is -2.28. The lowest BCUT2D eigenvalue weighted by atomic mass is 9.81. The molecule has 0 spiro atoms. The standard InChI is InChI=1S/C13H22N4/c1-9(10-6-7-10)17-13(11-4-3-5-11)12(8-14-2)15-16-17/h9-11,14H,3-8H2,1-2H3. The van der Waals surface area contributed by atoms with Crippen LogP contribution in [0, 0.1) is 5.92 Å². The van der Waals surface area contributed by atoms with E-state index in [1.807, 2.05) is 7.05 Å². The summed E-state index contributed by atoms with van der Waals surface area (Å²) in [6, 6.07) is 0.545. The SMILES string of the molecule is CNCc1nnn(C(C)C2CC2)c1C1CCC1. The van der Waals surface area contributed by atoms with E-state index in [9.17, 15) is 0 Å². The second kappa shape index (κ2) is 4.41. The van der Waals surface area contributed by atoms with Crippen LogP contribution in [0.15, 0.2) is 0 Å². The Kier molecular flexibility index (Phi) is 2.90. The molecule has 3 rings (SSSR count). The van der Waals surface area contributed by atoms with Crippen molar-refractivity contribution in [3.8, 4) is 0 Å². The van der Waals surface area contributed by atoms with Crippen LogP contribution in [0.3, 0.4) is 0 Å². The highest BCUT2D eigenvalue weighted by Gasteiger charge is 2.34. The first kappa shape index (κ1) is 11.2. The first-order chi connectivity index (χ1) is 8.31. The van der Waals surface area contributed by atoms with Gasteiger partial charge in [-0.1, -0.05) is 11.6 Å². The molecule has 0 bridgehead atoms. The minimum Gasteiger partial charge on any atom is -0.314 e. The number of hydrogen-bond donors (Lipinski definition) is 1. The minimum atomic E-state index is 0.545. The molecule has 1 aromatic heterocycles. The van der Waals surface area contributed by atoms with E-state index in [0.717, 1.165) is 18.4 Å². The Morgan fingerprint density at radius 3 is 2.65 bits per heavy atom. The van der Waals surface area contributed by atoms with Gasteiger partial charge in [0.15, 0.2) is 0 Å². The van der Waals surface area contributed by atoms with Crippen molar-refractivity contribution < 1.29 is 0 Å². The second-order valence-electron chi connectivity index (χ2n) is 5.60. The van der Waals surface area contributed by atoms with Crippen LogP contribution in [0.4, 0.5) is 0 Å². The number of nitrogens with one attached hydrogen (secondary N) is 1. The van der Waals surface area contributed by atoms with Gasteiger partial charge >= 0.3 is 0 Å². The molecule has 4 nitrogen and oxygen atoms in total. The number of nitrogens with zero attached hydrogens (tertiary/aromatic N) is 3. The second-order valence-corrected chi connectivity index (χ2v) is 5.60. The highest BCUT2D eigenvalue weighted by atomic mass is 15.4. The Bertz CT molecular complexity index is 390. The Morgan fingerprint density at radius 2 is 2.12 bits per heavy atom. The normalized spacial score (nSPS) is 22.5. The van der Waals surface area contributed by atoms with E-state index in [4.69, 9.17) is 0 Å². The van der Waals surface area contributed by atoms with Crippen molar-refractivity contribution in [3.05, 3.63) is 11.4 Å². The van der Waals surface area contributed by atoms with E-state index in [1.54, 1.807) is 0 Å². The highest BCUT2D eigenvalue weighted by molar-refractivity contribution is 5.19. The zero-order valence-electron chi connectivity index (χ0n) is 10.8. The van der Waals surface area contributed by atoms with Crippen molar-refractivity contribution in [1.82, 2.24) is 20.3 Å². The van der Waals surface area contributed by atoms with Gasteiger partial charge in [-0.2, -0.15) is 0 Å². The molecule has 1 unspecified atom stereocenters. The first-order valence-electron chi connectivity index (χ1n) is 6.89. The van der Waals surface area contributed by atoms with E-state index in [0.29, 0.717) is 6.04 Å². The highest BCUT2D eigenvalue weighted by Crippen LogP contribution is 2.43. The Labute approximate surface area is 103 Å². The smallest absolute Gasteiger partial charge is 0.0999 e. The van der Waals surface area contributed by atoms with E-state index in [-0.39, 0.29) is 0 Å². The molecule has 2 saturated carbocycles. The third kappa shape index (κ3) is 1.99. The summed E-state index contributed by atoms with van der Waals surface area (Å²) in [6.07, 6.45) is 6.74. The molecule has 0 amide bonds. The lowest BCUT2D eigenvalue weighted by Crippen LogP contribution is -2.21. The summed E-state index contributed by atoms with van der Waals surface area (Å²) in [5, 5.41) is 12.0. The van der Waals surface area contributed by atoms with Crippen molar-refractivity contribution in [3.63, 3.8) is 0 Å². The molecular formula is C13H22N4. The van der Waals surface area contributed by atoms with Gasteiger partial charge in [0.1, 0.15) is 0 Å². The molecule has 0 radical (unpaired) electrons. The van der Waals surface area contributed by atoms with E-state index >= 15 is 0 Å². The van der Waals surface area contributed by atoms with Crippen LogP contribution in [0.2, 0.25) is 0 Å². The monoisotopic (exact) mass is 234 g/mol. The predicted molar refractivity (Wildman–Crippen MR) is 66.8 cm³/mol. The maximum Gasteiger partial charge on any atom is 0.0999 e. The largest absolute Gasteiger partial charge is 0.314 e. The van der Waals surface area contributed by atoms with Gasteiger partial charge in [0, 0.05) is 12.5 Å². The molecule has 2 fully saturated rings. The van der Waals surface area contributed by atoms with Crippen LogP contribution in [-0.4, -0.2) is 22.0 Å². The molecule has 1 N–H and O–H groups in total. The van der Waals surface area contributed by atoms with Gasteiger partial charge in [-0.15, -0.1) is 5.10 Å². The molecule has 1 heterocycles. The zero-order chi connectivity index (χ0) is 11.8. The molecule has 94 valence electrons. The summed E-state index contributed by atoms with van der Waals surface area (Å²) in [4.78, 5) is 0. The maximum absolute atomic E-state index is 4.43. The Morgan fingerprint density at radius 1 is 1.35 bits per heavy atom. The molecule has 4 heteroatoms. The van der Waals surface area contributed by atoms with Gasteiger partial charge in [0.25, 0.3) is 0 Å². The fraction of sp³-hybridized carbons (Fsp3) is 0.846. The Balaban J connectivity index is 1.89. The van der Waals surface area contributed by atoms with Crippen LogP contribution >= 0.6 is 0 Å². The average Bonchev–Trinajstić information content (AvgIpc) is 3.02. The summed E-state index contributed by atoms with van der Waals surface area (Å²) in [6.45, 7) is 3.15. The molecule has 2 aliphatic rings. The van der Waals surface area contributed by atoms with Gasteiger partial charge in [0.05, 0.1) is 17.4 Å². The number of aromatic nitrogens is 3. The van der Waals surface area contributed by atoms with E-state index in [1.165, 1.54) is 43.5 Å².